The summed E-state index contributed by atoms with van der Waals surface area (Å²) in [6.07, 6.45) is 0. The van der Waals surface area contributed by atoms with Crippen LogP contribution in [0.1, 0.15) is 26.3 Å². The van der Waals surface area contributed by atoms with Crippen LogP contribution in [0.15, 0.2) is 54.6 Å². The van der Waals surface area contributed by atoms with Gasteiger partial charge in [0.1, 0.15) is 6.61 Å². The molecule has 0 fully saturated rings. The first-order chi connectivity index (χ1) is 14.9. The maximum atomic E-state index is 16.8. The molecule has 0 saturated heterocycles. The van der Waals surface area contributed by atoms with E-state index in [2.05, 4.69) is 11.8 Å². The monoisotopic (exact) mass is 444 g/mol. The van der Waals surface area contributed by atoms with Gasteiger partial charge in [-0.05, 0) is 21.5 Å². The zero-order valence-electron chi connectivity index (χ0n) is 18.7. The van der Waals surface area contributed by atoms with Crippen LogP contribution in [0.4, 0.5) is 4.11 Å². The van der Waals surface area contributed by atoms with E-state index in [0.717, 1.165) is 10.8 Å². The molecule has 0 aliphatic rings. The molecular formula is C25H33FO4Si. The van der Waals surface area contributed by atoms with Gasteiger partial charge in [-0.1, -0.05) is 81.1 Å². The van der Waals surface area contributed by atoms with E-state index in [4.69, 9.17) is 19.3 Å². The molecule has 0 heterocycles. The van der Waals surface area contributed by atoms with E-state index < -0.39 is 13.4 Å². The first kappa shape index (κ1) is 25.2. The molecule has 0 aliphatic heterocycles. The quantitative estimate of drug-likeness (QED) is 0.251. The summed E-state index contributed by atoms with van der Waals surface area (Å²) in [4.78, 5) is 0. The molecule has 0 amide bonds. The molecular weight excluding hydrogens is 411 g/mol. The van der Waals surface area contributed by atoms with Crippen LogP contribution in [0.2, 0.25) is 5.04 Å². The van der Waals surface area contributed by atoms with Crippen LogP contribution < -0.4 is 10.4 Å². The summed E-state index contributed by atoms with van der Waals surface area (Å²) in [7, 11) is -3.54. The van der Waals surface area contributed by atoms with Gasteiger partial charge in [-0.3, -0.25) is 0 Å². The SMILES string of the molecule is CC(C)(C)[Si](F)(c1ccccc1)c1ccccc1C#CCOCCOCCOCCO. The average Bonchev–Trinajstić information content (AvgIpc) is 2.77. The summed E-state index contributed by atoms with van der Waals surface area (Å²) < 4.78 is 32.8. The highest BCUT2D eigenvalue weighted by Crippen LogP contribution is 2.37. The van der Waals surface area contributed by atoms with Crippen molar-refractivity contribution in [1.82, 2.24) is 0 Å². The standard InChI is InChI=1S/C25H33FO4Si/c1-25(2,3)31(26,23-12-5-4-6-13-23)24-14-8-7-10-22(24)11-9-16-28-18-20-30-21-19-29-17-15-27/h4-8,10,12-14,27H,15-21H2,1-3H3. The van der Waals surface area contributed by atoms with Crippen molar-refractivity contribution in [2.75, 3.05) is 46.2 Å². The zero-order chi connectivity index (χ0) is 22.6. The summed E-state index contributed by atoms with van der Waals surface area (Å²) in [5.74, 6) is 6.13. The number of hydrogen-bond donors (Lipinski definition) is 1. The van der Waals surface area contributed by atoms with Crippen LogP contribution in [0, 0.1) is 11.8 Å². The topological polar surface area (TPSA) is 47.9 Å². The van der Waals surface area contributed by atoms with E-state index in [9.17, 15) is 0 Å². The van der Waals surface area contributed by atoms with Crippen molar-refractivity contribution in [1.29, 1.82) is 0 Å². The molecule has 0 spiro atoms. The minimum atomic E-state index is -3.54. The maximum Gasteiger partial charge on any atom is 0.314 e. The predicted octanol–water partition coefficient (Wildman–Crippen LogP) is 2.91. The Morgan fingerprint density at radius 1 is 0.839 bits per heavy atom. The van der Waals surface area contributed by atoms with Crippen molar-refractivity contribution >= 4 is 18.8 Å². The minimum absolute atomic E-state index is 0.0119. The highest BCUT2D eigenvalue weighted by atomic mass is 28.4. The molecule has 0 aromatic heterocycles. The second kappa shape index (κ2) is 12.7. The lowest BCUT2D eigenvalue weighted by molar-refractivity contribution is 0.0123. The molecule has 2 rings (SSSR count). The maximum absolute atomic E-state index is 16.8. The predicted molar refractivity (Wildman–Crippen MR) is 125 cm³/mol. The summed E-state index contributed by atoms with van der Waals surface area (Å²) in [5, 5.41) is 9.55. The molecule has 0 aliphatic carbocycles. The fourth-order valence-corrected chi connectivity index (χ4v) is 6.79. The molecule has 0 radical (unpaired) electrons. The smallest absolute Gasteiger partial charge is 0.314 e. The van der Waals surface area contributed by atoms with Crippen molar-refractivity contribution in [3.63, 3.8) is 0 Å². The fourth-order valence-electron chi connectivity index (χ4n) is 3.31. The van der Waals surface area contributed by atoms with Gasteiger partial charge in [0.05, 0.1) is 39.6 Å². The van der Waals surface area contributed by atoms with Gasteiger partial charge in [0.25, 0.3) is 0 Å². The summed E-state index contributed by atoms with van der Waals surface area (Å²) >= 11 is 0. The number of ether oxygens (including phenoxy) is 3. The second-order valence-electron chi connectivity index (χ2n) is 8.12. The third-order valence-corrected chi connectivity index (χ3v) is 9.25. The molecule has 4 nitrogen and oxygen atoms in total. The zero-order valence-corrected chi connectivity index (χ0v) is 19.7. The van der Waals surface area contributed by atoms with Crippen LogP contribution in [-0.2, 0) is 14.2 Å². The number of hydrogen-bond acceptors (Lipinski definition) is 4. The lowest BCUT2D eigenvalue weighted by atomic mass is 10.2. The first-order valence-corrected chi connectivity index (χ1v) is 12.5. The minimum Gasteiger partial charge on any atom is -0.394 e. The van der Waals surface area contributed by atoms with Crippen molar-refractivity contribution in [3.8, 4) is 11.8 Å². The van der Waals surface area contributed by atoms with Gasteiger partial charge in [0, 0.05) is 5.56 Å². The molecule has 31 heavy (non-hydrogen) atoms. The largest absolute Gasteiger partial charge is 0.394 e. The number of benzene rings is 2. The Bertz CT molecular complexity index is 842. The Labute approximate surface area is 186 Å². The van der Waals surface area contributed by atoms with E-state index in [1.54, 1.807) is 0 Å². The Morgan fingerprint density at radius 3 is 2.06 bits per heavy atom. The molecule has 1 N–H and O–H groups in total. The number of halogens is 1. The number of aliphatic hydroxyl groups excluding tert-OH is 1. The third kappa shape index (κ3) is 7.27. The summed E-state index contributed by atoms with van der Waals surface area (Å²) in [6.45, 7) is 8.25. The molecule has 1 unspecified atom stereocenters. The van der Waals surface area contributed by atoms with Gasteiger partial charge in [-0.15, -0.1) is 0 Å². The number of aliphatic hydroxyl groups is 1. The lowest BCUT2D eigenvalue weighted by Gasteiger charge is -2.36. The molecule has 0 bridgehead atoms. The lowest BCUT2D eigenvalue weighted by Crippen LogP contribution is -2.61. The number of rotatable bonds is 11. The van der Waals surface area contributed by atoms with Crippen LogP contribution in [0.25, 0.3) is 0 Å². The fraction of sp³-hybridized carbons (Fsp3) is 0.440. The van der Waals surface area contributed by atoms with E-state index in [1.807, 2.05) is 75.4 Å². The van der Waals surface area contributed by atoms with Crippen LogP contribution in [-0.4, -0.2) is 59.8 Å². The van der Waals surface area contributed by atoms with Crippen LogP contribution >= 0.6 is 0 Å². The van der Waals surface area contributed by atoms with Crippen molar-refractivity contribution in [2.45, 2.75) is 25.8 Å². The van der Waals surface area contributed by atoms with E-state index in [-0.39, 0.29) is 13.2 Å². The van der Waals surface area contributed by atoms with E-state index in [1.165, 1.54) is 0 Å². The molecule has 2 aromatic rings. The molecule has 0 saturated carbocycles. The summed E-state index contributed by atoms with van der Waals surface area (Å²) in [6, 6.07) is 17.0. The molecule has 6 heteroatoms. The van der Waals surface area contributed by atoms with E-state index >= 15 is 4.11 Å². The van der Waals surface area contributed by atoms with Gasteiger partial charge in [0.15, 0.2) is 0 Å². The third-order valence-electron chi connectivity index (χ3n) is 4.88. The molecule has 168 valence electrons. The van der Waals surface area contributed by atoms with E-state index in [0.29, 0.717) is 38.2 Å². The normalized spacial score (nSPS) is 13.3. The molecule has 1 atom stereocenters. The Balaban J connectivity index is 2.01. The molecule has 2 aromatic carbocycles. The van der Waals surface area contributed by atoms with Gasteiger partial charge >= 0.3 is 8.41 Å². The first-order valence-electron chi connectivity index (χ1n) is 10.6. The van der Waals surface area contributed by atoms with Crippen molar-refractivity contribution in [2.24, 2.45) is 0 Å². The highest BCUT2D eigenvalue weighted by Gasteiger charge is 2.50. The Hall–Kier alpha value is -2.01. The Kier molecular flexibility index (Phi) is 10.4. The van der Waals surface area contributed by atoms with Gasteiger partial charge in [0.2, 0.25) is 0 Å². The Morgan fingerprint density at radius 2 is 1.42 bits per heavy atom. The van der Waals surface area contributed by atoms with Gasteiger partial charge in [-0.25, -0.2) is 0 Å². The highest BCUT2D eigenvalue weighted by molar-refractivity contribution is 6.99. The van der Waals surface area contributed by atoms with Crippen molar-refractivity contribution < 1.29 is 23.4 Å². The second-order valence-corrected chi connectivity index (χ2v) is 12.1. The van der Waals surface area contributed by atoms with Gasteiger partial charge in [-0.2, -0.15) is 0 Å². The van der Waals surface area contributed by atoms with Gasteiger partial charge < -0.3 is 23.4 Å². The van der Waals surface area contributed by atoms with Crippen LogP contribution in [0.5, 0.6) is 0 Å². The van der Waals surface area contributed by atoms with Crippen LogP contribution in [0.3, 0.4) is 0 Å². The average molecular weight is 445 g/mol. The van der Waals surface area contributed by atoms with Crippen molar-refractivity contribution in [3.05, 3.63) is 60.2 Å². The summed E-state index contributed by atoms with van der Waals surface area (Å²) in [5.41, 5.74) is 0.719.